The number of aromatic nitrogens is 2. The zero-order chi connectivity index (χ0) is 19.6. The Morgan fingerprint density at radius 2 is 2.15 bits per heavy atom. The van der Waals surface area contributed by atoms with Gasteiger partial charge in [-0.25, -0.2) is 0 Å². The maximum atomic E-state index is 4.86. The minimum Gasteiger partial charge on any atom is -0.357 e. The zero-order valence-corrected chi connectivity index (χ0v) is 18.1. The van der Waals surface area contributed by atoms with Crippen LogP contribution in [-0.2, 0) is 6.54 Å². The van der Waals surface area contributed by atoms with Crippen molar-refractivity contribution in [1.29, 1.82) is 0 Å². The molecule has 1 fully saturated rings. The molecule has 0 bridgehead atoms. The van der Waals surface area contributed by atoms with E-state index in [2.05, 4.69) is 59.1 Å². The van der Waals surface area contributed by atoms with Crippen molar-refractivity contribution >= 4 is 5.96 Å². The van der Waals surface area contributed by atoms with Gasteiger partial charge in [-0.2, -0.15) is 5.10 Å². The van der Waals surface area contributed by atoms with Gasteiger partial charge in [0.2, 0.25) is 0 Å². The van der Waals surface area contributed by atoms with E-state index in [0.717, 1.165) is 50.2 Å². The lowest BCUT2D eigenvalue weighted by Crippen LogP contribution is -2.41. The van der Waals surface area contributed by atoms with Gasteiger partial charge in [-0.05, 0) is 64.5 Å². The first kappa shape index (κ1) is 21.7. The first-order valence-corrected chi connectivity index (χ1v) is 10.7. The van der Waals surface area contributed by atoms with E-state index in [4.69, 9.17) is 4.99 Å². The lowest BCUT2D eigenvalue weighted by atomic mass is 9.97. The molecule has 0 amide bonds. The molecule has 6 nitrogen and oxygen atoms in total. The third kappa shape index (κ3) is 7.91. The van der Waals surface area contributed by atoms with E-state index >= 15 is 0 Å². The van der Waals surface area contributed by atoms with Gasteiger partial charge < -0.3 is 15.5 Å². The minimum absolute atomic E-state index is 0.683. The molecular weight excluding hydrogens is 336 g/mol. The lowest BCUT2D eigenvalue weighted by molar-refractivity contribution is 0.162. The topological polar surface area (TPSA) is 57.5 Å². The highest BCUT2D eigenvalue weighted by Gasteiger charge is 2.20. The molecule has 0 aromatic carbocycles. The number of hydrogen-bond acceptors (Lipinski definition) is 3. The maximum absolute atomic E-state index is 4.86. The number of piperidine rings is 1. The van der Waals surface area contributed by atoms with Gasteiger partial charge in [0.25, 0.3) is 0 Å². The van der Waals surface area contributed by atoms with E-state index in [1.54, 1.807) is 0 Å². The van der Waals surface area contributed by atoms with Gasteiger partial charge in [0.1, 0.15) is 0 Å². The Morgan fingerprint density at radius 1 is 1.33 bits per heavy atom. The van der Waals surface area contributed by atoms with Crippen molar-refractivity contribution in [3.8, 4) is 0 Å². The fourth-order valence-corrected chi connectivity index (χ4v) is 3.88. The van der Waals surface area contributed by atoms with Crippen LogP contribution in [0.1, 0.15) is 51.4 Å². The first-order valence-electron chi connectivity index (χ1n) is 10.7. The minimum atomic E-state index is 0.683. The number of likely N-dealkylation sites (tertiary alicyclic amines) is 1. The van der Waals surface area contributed by atoms with Crippen LogP contribution in [0.2, 0.25) is 0 Å². The highest BCUT2D eigenvalue weighted by Crippen LogP contribution is 2.17. The number of guanidine groups is 1. The van der Waals surface area contributed by atoms with E-state index in [1.165, 1.54) is 38.2 Å². The van der Waals surface area contributed by atoms with Crippen molar-refractivity contribution in [2.24, 2.45) is 16.8 Å². The van der Waals surface area contributed by atoms with Crippen LogP contribution in [0, 0.1) is 25.7 Å². The largest absolute Gasteiger partial charge is 0.357 e. The summed E-state index contributed by atoms with van der Waals surface area (Å²) in [6.07, 6.45) is 3.65. The van der Waals surface area contributed by atoms with Crippen molar-refractivity contribution in [3.05, 3.63) is 17.5 Å². The molecule has 1 unspecified atom stereocenters. The Labute approximate surface area is 165 Å². The van der Waals surface area contributed by atoms with Crippen molar-refractivity contribution in [2.45, 2.75) is 60.4 Å². The summed E-state index contributed by atoms with van der Waals surface area (Å²) >= 11 is 0. The van der Waals surface area contributed by atoms with Crippen LogP contribution in [0.4, 0.5) is 0 Å². The van der Waals surface area contributed by atoms with Gasteiger partial charge >= 0.3 is 0 Å². The predicted molar refractivity (Wildman–Crippen MR) is 114 cm³/mol. The summed E-state index contributed by atoms with van der Waals surface area (Å²) in [6.45, 7) is 18.2. The zero-order valence-electron chi connectivity index (χ0n) is 18.1. The first-order chi connectivity index (χ1) is 13.0. The summed E-state index contributed by atoms with van der Waals surface area (Å²) in [7, 11) is 0. The van der Waals surface area contributed by atoms with E-state index in [1.807, 2.05) is 6.92 Å². The molecule has 1 aliphatic rings. The van der Waals surface area contributed by atoms with Crippen LogP contribution in [0.5, 0.6) is 0 Å². The Kier molecular flexibility index (Phi) is 9.11. The molecule has 2 rings (SSSR count). The molecule has 0 radical (unpaired) electrons. The maximum Gasteiger partial charge on any atom is 0.191 e. The molecule has 0 spiro atoms. The highest BCUT2D eigenvalue weighted by molar-refractivity contribution is 5.79. The summed E-state index contributed by atoms with van der Waals surface area (Å²) in [5.41, 5.74) is 2.32. The van der Waals surface area contributed by atoms with Gasteiger partial charge in [0.15, 0.2) is 5.96 Å². The highest BCUT2D eigenvalue weighted by atomic mass is 15.3. The molecule has 1 aromatic heterocycles. The third-order valence-corrected chi connectivity index (χ3v) is 5.02. The van der Waals surface area contributed by atoms with Crippen molar-refractivity contribution < 1.29 is 0 Å². The number of nitrogens with zero attached hydrogens (tertiary/aromatic N) is 4. The van der Waals surface area contributed by atoms with E-state index in [0.29, 0.717) is 5.92 Å². The fraction of sp³-hybridized carbons (Fsp3) is 0.810. The van der Waals surface area contributed by atoms with Gasteiger partial charge in [0.05, 0.1) is 5.69 Å². The average molecular weight is 377 g/mol. The van der Waals surface area contributed by atoms with Gasteiger partial charge in [0, 0.05) is 45.0 Å². The molecule has 27 heavy (non-hydrogen) atoms. The normalized spacial score (nSPS) is 18.9. The molecule has 2 heterocycles. The summed E-state index contributed by atoms with van der Waals surface area (Å²) in [5.74, 6) is 2.38. The molecule has 2 N–H and O–H groups in total. The second kappa shape index (κ2) is 11.3. The van der Waals surface area contributed by atoms with Crippen molar-refractivity contribution in [1.82, 2.24) is 25.3 Å². The van der Waals surface area contributed by atoms with Crippen LogP contribution < -0.4 is 10.6 Å². The quantitative estimate of drug-likeness (QED) is 0.395. The summed E-state index contributed by atoms with van der Waals surface area (Å²) in [6, 6.07) is 2.13. The molecule has 1 aliphatic heterocycles. The number of hydrogen-bond donors (Lipinski definition) is 2. The molecule has 0 aliphatic carbocycles. The Balaban J connectivity index is 1.75. The number of nitrogens with one attached hydrogen (secondary N) is 2. The molecular formula is C21H40N6. The van der Waals surface area contributed by atoms with Gasteiger partial charge in [-0.15, -0.1) is 0 Å². The van der Waals surface area contributed by atoms with Crippen LogP contribution in [0.3, 0.4) is 0 Å². The van der Waals surface area contributed by atoms with E-state index in [-0.39, 0.29) is 0 Å². The molecule has 6 heteroatoms. The molecule has 1 atom stereocenters. The molecule has 1 aromatic rings. The van der Waals surface area contributed by atoms with Gasteiger partial charge in [-0.1, -0.05) is 13.8 Å². The van der Waals surface area contributed by atoms with Crippen LogP contribution in [0.15, 0.2) is 11.1 Å². The monoisotopic (exact) mass is 376 g/mol. The Hall–Kier alpha value is -1.56. The summed E-state index contributed by atoms with van der Waals surface area (Å²) < 4.78 is 2.09. The molecule has 0 saturated carbocycles. The average Bonchev–Trinajstić information content (AvgIpc) is 2.93. The molecule has 154 valence electrons. The SMILES string of the molecule is CCNC(=NCC1CCCN(CC(C)C)C1)NCCCn1nc(C)cc1C. The van der Waals surface area contributed by atoms with Crippen LogP contribution in [0.25, 0.3) is 0 Å². The number of aliphatic imine (C=N–C) groups is 1. The van der Waals surface area contributed by atoms with E-state index < -0.39 is 0 Å². The number of rotatable bonds is 9. The predicted octanol–water partition coefficient (Wildman–Crippen LogP) is 2.81. The third-order valence-electron chi connectivity index (χ3n) is 5.02. The lowest BCUT2D eigenvalue weighted by Gasteiger charge is -2.33. The van der Waals surface area contributed by atoms with Crippen molar-refractivity contribution in [2.75, 3.05) is 39.3 Å². The van der Waals surface area contributed by atoms with Crippen molar-refractivity contribution in [3.63, 3.8) is 0 Å². The summed E-state index contributed by atoms with van der Waals surface area (Å²) in [4.78, 5) is 7.48. The van der Waals surface area contributed by atoms with Crippen LogP contribution >= 0.6 is 0 Å². The van der Waals surface area contributed by atoms with Crippen LogP contribution in [-0.4, -0.2) is 59.9 Å². The molecule has 1 saturated heterocycles. The van der Waals surface area contributed by atoms with E-state index in [9.17, 15) is 0 Å². The standard InChI is InChI=1S/C21H40N6/c1-6-22-21(23-10-8-12-27-19(5)13-18(4)25-27)24-14-20-9-7-11-26(16-20)15-17(2)3/h13,17,20H,6-12,14-16H2,1-5H3,(H2,22,23,24). The smallest absolute Gasteiger partial charge is 0.191 e. The number of aryl methyl sites for hydroxylation is 3. The Morgan fingerprint density at radius 3 is 2.81 bits per heavy atom. The fourth-order valence-electron chi connectivity index (χ4n) is 3.88. The summed E-state index contributed by atoms with van der Waals surface area (Å²) in [5, 5.41) is 11.4. The second-order valence-electron chi connectivity index (χ2n) is 8.31. The van der Waals surface area contributed by atoms with Gasteiger partial charge in [-0.3, -0.25) is 9.67 Å². The Bertz CT molecular complexity index is 577. The second-order valence-corrected chi connectivity index (χ2v) is 8.31.